The summed E-state index contributed by atoms with van der Waals surface area (Å²) in [5.74, 6) is 0.445. The quantitative estimate of drug-likeness (QED) is 0.834. The molecule has 2 amide bonds. The van der Waals surface area contributed by atoms with Crippen molar-refractivity contribution in [3.63, 3.8) is 0 Å². The molecule has 2 heterocycles. The molecule has 5 heteroatoms. The van der Waals surface area contributed by atoms with E-state index in [4.69, 9.17) is 0 Å². The van der Waals surface area contributed by atoms with Crippen LogP contribution >= 0.6 is 0 Å². The molecule has 1 unspecified atom stereocenters. The van der Waals surface area contributed by atoms with Crippen LogP contribution in [0.25, 0.3) is 0 Å². The largest absolute Gasteiger partial charge is 0.325 e. The second kappa shape index (κ2) is 7.91. The third-order valence-electron chi connectivity index (χ3n) is 5.67. The third kappa shape index (κ3) is 3.72. The second-order valence-corrected chi connectivity index (χ2v) is 7.50. The zero-order valence-corrected chi connectivity index (χ0v) is 15.5. The fraction of sp³-hybridized carbons (Fsp3) is 0.409. The minimum Gasteiger partial charge on any atom is -0.325 e. The van der Waals surface area contributed by atoms with Gasteiger partial charge in [0.2, 0.25) is 5.91 Å². The maximum absolute atomic E-state index is 13.4. The van der Waals surface area contributed by atoms with E-state index in [1.165, 1.54) is 19.3 Å². The number of carbonyl (C=O) groups is 2. The van der Waals surface area contributed by atoms with Crippen molar-refractivity contribution in [2.24, 2.45) is 5.92 Å². The van der Waals surface area contributed by atoms with Gasteiger partial charge < -0.3 is 9.80 Å². The molecule has 1 aliphatic heterocycles. The molecule has 27 heavy (non-hydrogen) atoms. The number of aromatic nitrogens is 1. The summed E-state index contributed by atoms with van der Waals surface area (Å²) in [4.78, 5) is 34.1. The van der Waals surface area contributed by atoms with Gasteiger partial charge in [0, 0.05) is 30.2 Å². The first kappa shape index (κ1) is 17.7. The number of anilines is 1. The highest BCUT2D eigenvalue weighted by molar-refractivity contribution is 6.06. The average molecular weight is 363 g/mol. The Morgan fingerprint density at radius 3 is 2.44 bits per heavy atom. The van der Waals surface area contributed by atoms with E-state index >= 15 is 0 Å². The number of amides is 2. The number of hydrogen-bond donors (Lipinski definition) is 0. The highest BCUT2D eigenvalue weighted by Gasteiger charge is 2.41. The zero-order chi connectivity index (χ0) is 18.6. The van der Waals surface area contributed by atoms with Gasteiger partial charge in [0.25, 0.3) is 5.91 Å². The molecule has 0 bridgehead atoms. The highest BCUT2D eigenvalue weighted by Crippen LogP contribution is 2.33. The summed E-state index contributed by atoms with van der Waals surface area (Å²) < 4.78 is 0. The SMILES string of the molecule is O=C1C(c2cccnc2)N(CC2CCCCC2)C(=O)CN1c1ccccc1. The van der Waals surface area contributed by atoms with Gasteiger partial charge in [-0.2, -0.15) is 0 Å². The van der Waals surface area contributed by atoms with Crippen molar-refractivity contribution in [3.8, 4) is 0 Å². The van der Waals surface area contributed by atoms with Crippen molar-refractivity contribution in [1.82, 2.24) is 9.88 Å². The van der Waals surface area contributed by atoms with Gasteiger partial charge in [0.15, 0.2) is 0 Å². The molecular formula is C22H25N3O2. The summed E-state index contributed by atoms with van der Waals surface area (Å²) in [5, 5.41) is 0. The lowest BCUT2D eigenvalue weighted by Crippen LogP contribution is -2.56. The number of rotatable bonds is 4. The van der Waals surface area contributed by atoms with E-state index in [9.17, 15) is 9.59 Å². The van der Waals surface area contributed by atoms with Crippen molar-refractivity contribution in [2.45, 2.75) is 38.1 Å². The Morgan fingerprint density at radius 1 is 0.963 bits per heavy atom. The molecule has 0 N–H and O–H groups in total. The summed E-state index contributed by atoms with van der Waals surface area (Å²) in [7, 11) is 0. The Morgan fingerprint density at radius 2 is 1.74 bits per heavy atom. The Labute approximate surface area is 160 Å². The van der Waals surface area contributed by atoms with Gasteiger partial charge in [-0.3, -0.25) is 14.6 Å². The first-order valence-corrected chi connectivity index (χ1v) is 9.80. The average Bonchev–Trinajstić information content (AvgIpc) is 2.73. The lowest BCUT2D eigenvalue weighted by atomic mass is 9.88. The van der Waals surface area contributed by atoms with E-state index in [1.807, 2.05) is 42.5 Å². The normalized spacial score (nSPS) is 21.6. The van der Waals surface area contributed by atoms with E-state index in [2.05, 4.69) is 4.98 Å². The van der Waals surface area contributed by atoms with Crippen molar-refractivity contribution in [3.05, 3.63) is 60.4 Å². The number of hydrogen-bond acceptors (Lipinski definition) is 3. The first-order chi connectivity index (χ1) is 13.2. The molecule has 5 nitrogen and oxygen atoms in total. The molecule has 2 aromatic rings. The van der Waals surface area contributed by atoms with Crippen LogP contribution in [0, 0.1) is 5.92 Å². The van der Waals surface area contributed by atoms with Gasteiger partial charge in [-0.25, -0.2) is 0 Å². The van der Waals surface area contributed by atoms with Gasteiger partial charge in [0.1, 0.15) is 12.6 Å². The van der Waals surface area contributed by atoms with Crippen LogP contribution in [0.15, 0.2) is 54.9 Å². The number of piperazine rings is 1. The summed E-state index contributed by atoms with van der Waals surface area (Å²) in [6, 6.07) is 12.6. The lowest BCUT2D eigenvalue weighted by molar-refractivity contribution is -0.144. The van der Waals surface area contributed by atoms with E-state index in [-0.39, 0.29) is 18.4 Å². The van der Waals surface area contributed by atoms with Crippen molar-refractivity contribution in [1.29, 1.82) is 0 Å². The minimum absolute atomic E-state index is 0.0119. The Hall–Kier alpha value is -2.69. The highest BCUT2D eigenvalue weighted by atomic mass is 16.2. The van der Waals surface area contributed by atoms with Crippen molar-refractivity contribution < 1.29 is 9.59 Å². The summed E-state index contributed by atoms with van der Waals surface area (Å²) in [6.07, 6.45) is 9.39. The summed E-state index contributed by atoms with van der Waals surface area (Å²) in [5.41, 5.74) is 1.55. The van der Waals surface area contributed by atoms with E-state index < -0.39 is 6.04 Å². The van der Waals surface area contributed by atoms with Crippen LogP contribution in [0.3, 0.4) is 0 Å². The van der Waals surface area contributed by atoms with Crippen LogP contribution in [0.5, 0.6) is 0 Å². The number of nitrogens with zero attached hydrogens (tertiary/aromatic N) is 3. The Kier molecular flexibility index (Phi) is 5.19. The molecule has 2 fully saturated rings. The lowest BCUT2D eigenvalue weighted by Gasteiger charge is -2.42. The summed E-state index contributed by atoms with van der Waals surface area (Å²) in [6.45, 7) is 0.763. The van der Waals surface area contributed by atoms with Crippen LogP contribution in [0.2, 0.25) is 0 Å². The van der Waals surface area contributed by atoms with Gasteiger partial charge in [-0.15, -0.1) is 0 Å². The molecule has 1 saturated heterocycles. The predicted molar refractivity (Wildman–Crippen MR) is 104 cm³/mol. The molecule has 4 rings (SSSR count). The standard InChI is InChI=1S/C22H25N3O2/c26-20-16-24(19-11-5-2-6-12-19)22(27)21(18-10-7-13-23-14-18)25(20)15-17-8-3-1-4-9-17/h2,5-7,10-14,17,21H,1,3-4,8-9,15-16H2. The van der Waals surface area contributed by atoms with Crippen LogP contribution in [0.4, 0.5) is 5.69 Å². The summed E-state index contributed by atoms with van der Waals surface area (Å²) >= 11 is 0. The Balaban J connectivity index is 1.66. The number of pyridine rings is 1. The van der Waals surface area contributed by atoms with Gasteiger partial charge in [-0.05, 0) is 37.0 Å². The van der Waals surface area contributed by atoms with E-state index in [0.29, 0.717) is 12.5 Å². The monoisotopic (exact) mass is 363 g/mol. The number of para-hydroxylation sites is 1. The molecule has 1 aromatic heterocycles. The van der Waals surface area contributed by atoms with Crippen LogP contribution in [-0.4, -0.2) is 34.8 Å². The Bertz CT molecular complexity index is 788. The van der Waals surface area contributed by atoms with Crippen molar-refractivity contribution in [2.75, 3.05) is 18.0 Å². The fourth-order valence-corrected chi connectivity index (χ4v) is 4.27. The second-order valence-electron chi connectivity index (χ2n) is 7.50. The molecule has 1 saturated carbocycles. The van der Waals surface area contributed by atoms with Crippen LogP contribution < -0.4 is 4.90 Å². The zero-order valence-electron chi connectivity index (χ0n) is 15.5. The topological polar surface area (TPSA) is 53.5 Å². The third-order valence-corrected chi connectivity index (χ3v) is 5.67. The van der Waals surface area contributed by atoms with Gasteiger partial charge in [0.05, 0.1) is 0 Å². The molecule has 2 aliphatic rings. The maximum atomic E-state index is 13.4. The van der Waals surface area contributed by atoms with Crippen LogP contribution in [-0.2, 0) is 9.59 Å². The minimum atomic E-state index is -0.595. The molecule has 0 radical (unpaired) electrons. The molecule has 1 aliphatic carbocycles. The molecule has 140 valence electrons. The van der Waals surface area contributed by atoms with Crippen molar-refractivity contribution >= 4 is 17.5 Å². The van der Waals surface area contributed by atoms with Gasteiger partial charge in [-0.1, -0.05) is 43.5 Å². The molecule has 1 atom stereocenters. The molecule has 0 spiro atoms. The fourth-order valence-electron chi connectivity index (χ4n) is 4.27. The van der Waals surface area contributed by atoms with Gasteiger partial charge >= 0.3 is 0 Å². The van der Waals surface area contributed by atoms with Crippen LogP contribution in [0.1, 0.15) is 43.7 Å². The molecular weight excluding hydrogens is 338 g/mol. The maximum Gasteiger partial charge on any atom is 0.254 e. The number of benzene rings is 1. The number of carbonyl (C=O) groups excluding carboxylic acids is 2. The first-order valence-electron chi connectivity index (χ1n) is 9.80. The van der Waals surface area contributed by atoms with E-state index in [0.717, 1.165) is 24.1 Å². The smallest absolute Gasteiger partial charge is 0.254 e. The molecule has 1 aromatic carbocycles. The van der Waals surface area contributed by atoms with E-state index in [1.54, 1.807) is 22.2 Å². The predicted octanol–water partition coefficient (Wildman–Crippen LogP) is 3.58.